The molecule has 0 aliphatic heterocycles. The molecule has 0 aromatic heterocycles. The summed E-state index contributed by atoms with van der Waals surface area (Å²) in [5.41, 5.74) is 0. The number of carbonyl (C=O) groups is 1. The number of esters is 1. The maximum absolute atomic E-state index is 12.5. The largest absolute Gasteiger partial charge is 0.474 e. The van der Waals surface area contributed by atoms with Gasteiger partial charge in [0.15, 0.2) is 0 Å². The van der Waals surface area contributed by atoms with E-state index in [1.807, 2.05) is 0 Å². The van der Waals surface area contributed by atoms with E-state index in [0.29, 0.717) is 19.6 Å². The maximum Gasteiger partial charge on any atom is 0.474 e. The van der Waals surface area contributed by atoms with Gasteiger partial charge in [0.25, 0.3) is 0 Å². The molecular weight excluding hydrogens is 734 g/mol. The average Bonchev–Trinajstić information content (AvgIpc) is 3.22. The van der Waals surface area contributed by atoms with Crippen molar-refractivity contribution in [2.75, 3.05) is 53.7 Å². The first-order valence-electron chi connectivity index (χ1n) is 24.7. The highest BCUT2D eigenvalue weighted by molar-refractivity contribution is 7.48. The molecule has 0 saturated heterocycles. The number of carbonyl (C=O) groups excluding carboxylic acids is 1. The Morgan fingerprint density at radius 1 is 0.439 bits per heavy atom. The summed E-state index contributed by atoms with van der Waals surface area (Å²) in [5.74, 6) is -0.119. The summed E-state index contributed by atoms with van der Waals surface area (Å²) in [6.07, 6.45) is 42.1. The first kappa shape index (κ1) is 60.8. The Labute approximate surface area is 357 Å². The van der Waals surface area contributed by atoms with E-state index in [9.17, 15) is 14.5 Å². The maximum atomic E-state index is 12.5. The number of ether oxygens (including phenoxy) is 1. The molecule has 1 unspecified atom stereocenters. The fourth-order valence-corrected chi connectivity index (χ4v) is 7.64. The van der Waals surface area contributed by atoms with Crippen LogP contribution >= 0.6 is 7.82 Å². The molecule has 0 radical (unpaired) electrons. The number of rotatable bonds is 43. The Morgan fingerprint density at radius 2 is 0.737 bits per heavy atom. The molecule has 0 saturated carbocycles. The normalized spacial score (nSPS) is 12.2. The van der Waals surface area contributed by atoms with E-state index < -0.39 is 7.82 Å². The van der Waals surface area contributed by atoms with Crippen LogP contribution in [0.15, 0.2) is 0 Å². The van der Waals surface area contributed by atoms with Crippen molar-refractivity contribution in [1.29, 1.82) is 0 Å². The summed E-state index contributed by atoms with van der Waals surface area (Å²) < 4.78 is 33.1. The summed E-state index contributed by atoms with van der Waals surface area (Å²) in [4.78, 5) is 13.5. The summed E-state index contributed by atoms with van der Waals surface area (Å²) in [5, 5.41) is 9.36. The van der Waals surface area contributed by atoms with Crippen molar-refractivity contribution in [3.63, 3.8) is 0 Å². The SMILES string of the molecule is CCCCCCCC.CCCCCCCCCCC.CCCCCCCCOP(=O)(OC)OCCCCCCCCCN(CCO)CCCCCCCC(=O)OC. The molecule has 8 nitrogen and oxygen atoms in total. The van der Waals surface area contributed by atoms with Crippen molar-refractivity contribution in [1.82, 2.24) is 4.90 Å². The van der Waals surface area contributed by atoms with Gasteiger partial charge in [-0.2, -0.15) is 0 Å². The van der Waals surface area contributed by atoms with Gasteiger partial charge in [0.05, 0.1) is 26.9 Å². The van der Waals surface area contributed by atoms with Crippen LogP contribution in [0.5, 0.6) is 0 Å². The van der Waals surface area contributed by atoms with Crippen LogP contribution in [0.4, 0.5) is 0 Å². The van der Waals surface area contributed by atoms with Gasteiger partial charge >= 0.3 is 13.8 Å². The van der Waals surface area contributed by atoms with Crippen molar-refractivity contribution in [3.8, 4) is 0 Å². The first-order chi connectivity index (χ1) is 27.8. The molecule has 1 atom stereocenters. The minimum Gasteiger partial charge on any atom is -0.469 e. The summed E-state index contributed by atoms with van der Waals surface area (Å²) in [7, 11) is -0.581. The third-order valence-electron chi connectivity index (χ3n) is 10.5. The number of phosphoric acid groups is 1. The molecule has 0 aromatic rings. The predicted molar refractivity (Wildman–Crippen MR) is 247 cm³/mol. The number of unbranched alkanes of at least 4 members (excludes halogenated alkanes) is 28. The molecule has 0 amide bonds. The van der Waals surface area contributed by atoms with E-state index in [1.54, 1.807) is 0 Å². The van der Waals surface area contributed by atoms with Gasteiger partial charge in [-0.15, -0.1) is 0 Å². The average molecular weight is 836 g/mol. The second-order valence-corrected chi connectivity index (χ2v) is 17.9. The Hall–Kier alpha value is -0.500. The molecule has 57 heavy (non-hydrogen) atoms. The van der Waals surface area contributed by atoms with E-state index in [1.165, 1.54) is 155 Å². The van der Waals surface area contributed by atoms with Crippen molar-refractivity contribution in [3.05, 3.63) is 0 Å². The molecule has 0 heterocycles. The number of hydrogen-bond donors (Lipinski definition) is 1. The quantitative estimate of drug-likeness (QED) is 0.0369. The number of hydrogen-bond acceptors (Lipinski definition) is 8. The Balaban J connectivity index is -0.00000125. The Morgan fingerprint density at radius 3 is 1.04 bits per heavy atom. The number of methoxy groups -OCH3 is 1. The number of aliphatic hydroxyl groups is 1. The smallest absolute Gasteiger partial charge is 0.469 e. The molecule has 0 fully saturated rings. The Kier molecular flexibility index (Phi) is 57.1. The topological polar surface area (TPSA) is 94.5 Å². The van der Waals surface area contributed by atoms with Crippen molar-refractivity contribution in [2.45, 2.75) is 253 Å². The number of nitrogens with zero attached hydrogens (tertiary/aromatic N) is 1. The van der Waals surface area contributed by atoms with E-state index in [2.05, 4.69) is 44.3 Å². The first-order valence-corrected chi connectivity index (χ1v) is 26.1. The van der Waals surface area contributed by atoms with Gasteiger partial charge in [-0.05, 0) is 45.2 Å². The highest BCUT2D eigenvalue weighted by Gasteiger charge is 2.24. The van der Waals surface area contributed by atoms with E-state index >= 15 is 0 Å². The third kappa shape index (κ3) is 53.5. The van der Waals surface area contributed by atoms with Crippen LogP contribution in [0, 0.1) is 0 Å². The van der Waals surface area contributed by atoms with Crippen LogP contribution < -0.4 is 0 Å². The van der Waals surface area contributed by atoms with E-state index in [4.69, 9.17) is 13.6 Å². The fraction of sp³-hybridized carbons (Fsp3) is 0.979. The van der Waals surface area contributed by atoms with Gasteiger partial charge in [-0.25, -0.2) is 4.57 Å². The predicted octanol–water partition coefficient (Wildman–Crippen LogP) is 15.6. The van der Waals surface area contributed by atoms with Gasteiger partial charge in [0, 0.05) is 20.1 Å². The molecule has 0 aliphatic rings. The van der Waals surface area contributed by atoms with Crippen LogP contribution in [0.1, 0.15) is 253 Å². The van der Waals surface area contributed by atoms with Gasteiger partial charge in [0.2, 0.25) is 0 Å². The lowest BCUT2D eigenvalue weighted by molar-refractivity contribution is -0.140. The van der Waals surface area contributed by atoms with E-state index in [0.717, 1.165) is 90.3 Å². The van der Waals surface area contributed by atoms with Gasteiger partial charge in [-0.1, -0.05) is 214 Å². The number of aliphatic hydroxyl groups excluding tert-OH is 1. The summed E-state index contributed by atoms with van der Waals surface area (Å²) in [6.45, 7) is 15.1. The second kappa shape index (κ2) is 53.5. The second-order valence-electron chi connectivity index (χ2n) is 16.1. The molecular formula is C48H102NO7P. The van der Waals surface area contributed by atoms with Crippen LogP contribution in [0.3, 0.4) is 0 Å². The third-order valence-corrected chi connectivity index (χ3v) is 11.9. The zero-order valence-electron chi connectivity index (χ0n) is 39.6. The molecule has 0 aromatic carbocycles. The summed E-state index contributed by atoms with van der Waals surface area (Å²) >= 11 is 0. The van der Waals surface area contributed by atoms with Crippen LogP contribution in [-0.4, -0.2) is 69.7 Å². The lowest BCUT2D eigenvalue weighted by atomic mass is 10.1. The van der Waals surface area contributed by atoms with E-state index in [-0.39, 0.29) is 12.6 Å². The van der Waals surface area contributed by atoms with Crippen molar-refractivity contribution >= 4 is 13.8 Å². The molecule has 9 heteroatoms. The Bertz CT molecular complexity index is 774. The molecule has 346 valence electrons. The standard InChI is InChI=1S/C29H60NO7P.C11H24.C8H18/c1-4-5-6-7-15-20-27-36-38(33,35-3)37-28-21-16-10-8-9-13-18-23-30(25-26-31)24-19-14-11-12-17-22-29(32)34-2;1-3-5-7-9-11-10-8-6-4-2;1-3-5-7-8-6-4-2/h31H,4-28H2,1-3H3;3-11H2,1-2H3;3-8H2,1-2H3. The number of phosphoric ester groups is 1. The molecule has 1 N–H and O–H groups in total. The molecule has 0 rings (SSSR count). The van der Waals surface area contributed by atoms with Gasteiger partial charge < -0.3 is 14.7 Å². The van der Waals surface area contributed by atoms with Crippen LogP contribution in [0.25, 0.3) is 0 Å². The molecule has 0 spiro atoms. The zero-order valence-corrected chi connectivity index (χ0v) is 40.5. The van der Waals surface area contributed by atoms with Crippen molar-refractivity contribution < 1.29 is 32.8 Å². The lowest BCUT2D eigenvalue weighted by Crippen LogP contribution is -2.29. The van der Waals surface area contributed by atoms with Gasteiger partial charge in [0.1, 0.15) is 0 Å². The minimum atomic E-state index is -3.41. The zero-order chi connectivity index (χ0) is 42.8. The van der Waals surface area contributed by atoms with Gasteiger partial charge in [-0.3, -0.25) is 18.4 Å². The highest BCUT2D eigenvalue weighted by atomic mass is 31.2. The summed E-state index contributed by atoms with van der Waals surface area (Å²) in [6, 6.07) is 0. The lowest BCUT2D eigenvalue weighted by Gasteiger charge is -2.21. The highest BCUT2D eigenvalue weighted by Crippen LogP contribution is 2.48. The molecule has 0 bridgehead atoms. The van der Waals surface area contributed by atoms with Crippen LogP contribution in [0.2, 0.25) is 0 Å². The monoisotopic (exact) mass is 836 g/mol. The van der Waals surface area contributed by atoms with Crippen molar-refractivity contribution in [2.24, 2.45) is 0 Å². The molecule has 0 aliphatic carbocycles. The minimum absolute atomic E-state index is 0.119. The van der Waals surface area contributed by atoms with Crippen LogP contribution in [-0.2, 0) is 27.7 Å². The fourth-order valence-electron chi connectivity index (χ4n) is 6.65.